The first-order valence-corrected chi connectivity index (χ1v) is 11.4. The molecule has 3 heterocycles. The largest absolute Gasteiger partial charge is 0.457 e. The third-order valence-electron chi connectivity index (χ3n) is 5.23. The summed E-state index contributed by atoms with van der Waals surface area (Å²) in [5.74, 6) is -0.708. The molecule has 1 amide bonds. The van der Waals surface area contributed by atoms with E-state index in [2.05, 4.69) is 15.5 Å². The van der Waals surface area contributed by atoms with Gasteiger partial charge in [0, 0.05) is 11.3 Å². The van der Waals surface area contributed by atoms with Crippen LogP contribution in [0.3, 0.4) is 0 Å². The number of para-hydroxylation sites is 1. The zero-order valence-electron chi connectivity index (χ0n) is 18.1. The van der Waals surface area contributed by atoms with Gasteiger partial charge in [0.05, 0.1) is 27.2 Å². The number of thiophene rings is 1. The molecule has 0 bridgehead atoms. The van der Waals surface area contributed by atoms with E-state index in [1.807, 2.05) is 47.8 Å². The monoisotopic (exact) mass is 469 g/mol. The van der Waals surface area contributed by atoms with Gasteiger partial charge in [0.15, 0.2) is 0 Å². The third kappa shape index (κ3) is 4.44. The van der Waals surface area contributed by atoms with E-state index in [-0.39, 0.29) is 12.5 Å². The third-order valence-corrected chi connectivity index (χ3v) is 6.12. The Bertz CT molecular complexity index is 1460. The molecule has 5 aromatic rings. The lowest BCUT2D eigenvalue weighted by atomic mass is 10.1. The number of aryl methyl sites for hydroxylation is 1. The molecule has 1 N–H and O–H groups in total. The number of ether oxygens (including phenoxy) is 1. The number of hydrogen-bond donors (Lipinski definition) is 1. The number of benzene rings is 2. The summed E-state index contributed by atoms with van der Waals surface area (Å²) >= 11 is 1.52. The van der Waals surface area contributed by atoms with Crippen LogP contribution < -0.4 is 5.32 Å². The van der Waals surface area contributed by atoms with E-state index in [1.165, 1.54) is 11.3 Å². The minimum absolute atomic E-state index is 0.0574. The first-order valence-electron chi connectivity index (χ1n) is 10.5. The number of carbonyl (C=O) groups excluding carboxylic acids is 2. The number of nitrogens with zero attached hydrogens (tertiary/aromatic N) is 2. The SMILES string of the molecule is Cc1noc2nc(-c3cccs3)cc(C(=O)OCc3ccc(C(=O)Nc4ccccc4)cc3)c12. The van der Waals surface area contributed by atoms with Crippen molar-refractivity contribution < 1.29 is 18.8 Å². The van der Waals surface area contributed by atoms with Gasteiger partial charge >= 0.3 is 5.97 Å². The number of fused-ring (bicyclic) bond motifs is 1. The van der Waals surface area contributed by atoms with Crippen LogP contribution in [0.2, 0.25) is 0 Å². The zero-order valence-corrected chi connectivity index (χ0v) is 19.0. The second-order valence-electron chi connectivity index (χ2n) is 7.57. The normalized spacial score (nSPS) is 10.9. The van der Waals surface area contributed by atoms with Crippen molar-refractivity contribution in [2.75, 3.05) is 5.32 Å². The van der Waals surface area contributed by atoms with E-state index < -0.39 is 5.97 Å². The van der Waals surface area contributed by atoms with Crippen LogP contribution in [0.25, 0.3) is 21.7 Å². The molecule has 2 aromatic carbocycles. The molecule has 7 nitrogen and oxygen atoms in total. The first-order chi connectivity index (χ1) is 16.6. The van der Waals surface area contributed by atoms with Gasteiger partial charge in [-0.05, 0) is 54.3 Å². The van der Waals surface area contributed by atoms with Crippen molar-refractivity contribution in [3.63, 3.8) is 0 Å². The Hall–Kier alpha value is -4.30. The standard InChI is InChI=1S/C26H19N3O4S/c1-16-23-20(14-21(22-8-5-13-34-22)28-25(23)33-29-16)26(31)32-15-17-9-11-18(12-10-17)24(30)27-19-6-3-2-4-7-19/h2-14H,15H2,1H3,(H,27,30). The number of nitrogens with one attached hydrogen (secondary N) is 1. The number of hydrogen-bond acceptors (Lipinski definition) is 7. The number of pyridine rings is 1. The van der Waals surface area contributed by atoms with Gasteiger partial charge in [0.1, 0.15) is 6.61 Å². The van der Waals surface area contributed by atoms with Crippen LogP contribution in [0, 0.1) is 6.92 Å². The Balaban J connectivity index is 1.31. The van der Waals surface area contributed by atoms with Gasteiger partial charge in [0.2, 0.25) is 0 Å². The zero-order chi connectivity index (χ0) is 23.5. The fourth-order valence-corrected chi connectivity index (χ4v) is 4.20. The Kier molecular flexibility index (Phi) is 5.88. The van der Waals surface area contributed by atoms with E-state index in [4.69, 9.17) is 9.26 Å². The average molecular weight is 470 g/mol. The predicted octanol–water partition coefficient (Wildman–Crippen LogP) is 5.87. The van der Waals surface area contributed by atoms with Gasteiger partial charge in [-0.1, -0.05) is 41.6 Å². The highest BCUT2D eigenvalue weighted by Crippen LogP contribution is 2.30. The molecule has 3 aromatic heterocycles. The van der Waals surface area contributed by atoms with E-state index >= 15 is 0 Å². The average Bonchev–Trinajstić information content (AvgIpc) is 3.53. The minimum Gasteiger partial charge on any atom is -0.457 e. The molecule has 0 atom stereocenters. The summed E-state index contributed by atoms with van der Waals surface area (Å²) in [6, 6.07) is 21.7. The van der Waals surface area contributed by atoms with E-state index in [0.717, 1.165) is 16.1 Å². The van der Waals surface area contributed by atoms with Crippen LogP contribution >= 0.6 is 11.3 Å². The van der Waals surface area contributed by atoms with Crippen LogP contribution in [0.15, 0.2) is 82.7 Å². The Morgan fingerprint density at radius 3 is 2.56 bits per heavy atom. The van der Waals surface area contributed by atoms with Crippen molar-refractivity contribution in [3.8, 4) is 10.6 Å². The van der Waals surface area contributed by atoms with Crippen LogP contribution in [-0.4, -0.2) is 22.0 Å². The molecule has 0 radical (unpaired) electrons. The van der Waals surface area contributed by atoms with Crippen LogP contribution in [0.4, 0.5) is 5.69 Å². The molecular weight excluding hydrogens is 450 g/mol. The number of esters is 1. The summed E-state index contributed by atoms with van der Waals surface area (Å²) in [4.78, 5) is 30.8. The van der Waals surface area contributed by atoms with Crippen molar-refractivity contribution in [3.05, 3.63) is 101 Å². The Labute approximate surface area is 199 Å². The lowest BCUT2D eigenvalue weighted by Gasteiger charge is -2.08. The number of aromatic nitrogens is 2. The molecule has 0 aliphatic rings. The second kappa shape index (κ2) is 9.29. The van der Waals surface area contributed by atoms with Gasteiger partial charge in [-0.3, -0.25) is 4.79 Å². The summed E-state index contributed by atoms with van der Waals surface area (Å²) in [7, 11) is 0. The van der Waals surface area contributed by atoms with Crippen LogP contribution in [0.1, 0.15) is 32.0 Å². The first kappa shape index (κ1) is 21.5. The lowest BCUT2D eigenvalue weighted by molar-refractivity contribution is 0.0474. The quantitative estimate of drug-likeness (QED) is 0.313. The summed E-state index contributed by atoms with van der Waals surface area (Å²) < 4.78 is 10.9. The molecule has 0 unspecified atom stereocenters. The smallest absolute Gasteiger partial charge is 0.339 e. The molecule has 0 aliphatic carbocycles. The molecule has 0 saturated carbocycles. The fourth-order valence-electron chi connectivity index (χ4n) is 3.51. The topological polar surface area (TPSA) is 94.3 Å². The summed E-state index contributed by atoms with van der Waals surface area (Å²) in [6.07, 6.45) is 0. The number of carbonyl (C=O) groups is 2. The summed E-state index contributed by atoms with van der Waals surface area (Å²) in [5.41, 5.74) is 3.83. The molecule has 0 saturated heterocycles. The summed E-state index contributed by atoms with van der Waals surface area (Å²) in [5, 5.41) is 9.28. The number of anilines is 1. The summed E-state index contributed by atoms with van der Waals surface area (Å²) in [6.45, 7) is 1.82. The fraction of sp³-hybridized carbons (Fsp3) is 0.0769. The highest BCUT2D eigenvalue weighted by molar-refractivity contribution is 7.13. The van der Waals surface area contributed by atoms with Gasteiger partial charge in [-0.2, -0.15) is 0 Å². The highest BCUT2D eigenvalue weighted by atomic mass is 32.1. The van der Waals surface area contributed by atoms with E-state index in [9.17, 15) is 9.59 Å². The maximum atomic E-state index is 13.0. The van der Waals surface area contributed by atoms with E-state index in [0.29, 0.717) is 33.6 Å². The van der Waals surface area contributed by atoms with Gasteiger partial charge in [-0.25, -0.2) is 9.78 Å². The molecule has 34 heavy (non-hydrogen) atoms. The Morgan fingerprint density at radius 1 is 1.03 bits per heavy atom. The molecule has 0 fully saturated rings. The lowest BCUT2D eigenvalue weighted by Crippen LogP contribution is -2.12. The maximum absolute atomic E-state index is 13.0. The molecule has 5 rings (SSSR count). The van der Waals surface area contributed by atoms with Gasteiger partial charge in [0.25, 0.3) is 11.6 Å². The molecular formula is C26H19N3O4S. The van der Waals surface area contributed by atoms with E-state index in [1.54, 1.807) is 37.3 Å². The van der Waals surface area contributed by atoms with Gasteiger partial charge < -0.3 is 14.6 Å². The van der Waals surface area contributed by atoms with Crippen molar-refractivity contribution >= 4 is 40.0 Å². The van der Waals surface area contributed by atoms with Crippen LogP contribution in [-0.2, 0) is 11.3 Å². The minimum atomic E-state index is -0.498. The number of rotatable bonds is 6. The predicted molar refractivity (Wildman–Crippen MR) is 130 cm³/mol. The Morgan fingerprint density at radius 2 is 1.82 bits per heavy atom. The molecule has 8 heteroatoms. The highest BCUT2D eigenvalue weighted by Gasteiger charge is 2.21. The second-order valence-corrected chi connectivity index (χ2v) is 8.52. The van der Waals surface area contributed by atoms with Crippen molar-refractivity contribution in [1.82, 2.24) is 10.1 Å². The maximum Gasteiger partial charge on any atom is 0.339 e. The molecule has 0 aliphatic heterocycles. The van der Waals surface area contributed by atoms with Gasteiger partial charge in [-0.15, -0.1) is 11.3 Å². The molecule has 168 valence electrons. The number of amides is 1. The van der Waals surface area contributed by atoms with Crippen molar-refractivity contribution in [1.29, 1.82) is 0 Å². The molecule has 0 spiro atoms. The van der Waals surface area contributed by atoms with Crippen molar-refractivity contribution in [2.24, 2.45) is 0 Å². The van der Waals surface area contributed by atoms with Crippen molar-refractivity contribution in [2.45, 2.75) is 13.5 Å². The van der Waals surface area contributed by atoms with Crippen LogP contribution in [0.5, 0.6) is 0 Å².